The highest BCUT2D eigenvalue weighted by atomic mass is 32.1. The van der Waals surface area contributed by atoms with Crippen molar-refractivity contribution in [3.05, 3.63) is 64.6 Å². The molecule has 1 atom stereocenters. The van der Waals surface area contributed by atoms with Gasteiger partial charge in [0.05, 0.1) is 18.8 Å². The highest BCUT2D eigenvalue weighted by Gasteiger charge is 2.21. The van der Waals surface area contributed by atoms with Crippen LogP contribution >= 0.6 is 11.3 Å². The van der Waals surface area contributed by atoms with E-state index in [-0.39, 0.29) is 11.9 Å². The van der Waals surface area contributed by atoms with Crippen molar-refractivity contribution in [2.75, 3.05) is 36.9 Å². The third-order valence-electron chi connectivity index (χ3n) is 5.99. The molecule has 4 heterocycles. The molecule has 9 heteroatoms. The number of anilines is 2. The van der Waals surface area contributed by atoms with Crippen molar-refractivity contribution in [2.24, 2.45) is 0 Å². The van der Waals surface area contributed by atoms with Crippen LogP contribution in [0.4, 0.5) is 11.6 Å². The van der Waals surface area contributed by atoms with Crippen LogP contribution < -0.4 is 20.9 Å². The average Bonchev–Trinajstić information content (AvgIpc) is 3.35. The van der Waals surface area contributed by atoms with Gasteiger partial charge >= 0.3 is 0 Å². The fourth-order valence-electron chi connectivity index (χ4n) is 4.21. The summed E-state index contributed by atoms with van der Waals surface area (Å²) in [5.41, 5.74) is 3.73. The zero-order chi connectivity index (χ0) is 23.5. The molecule has 0 saturated carbocycles. The van der Waals surface area contributed by atoms with Crippen molar-refractivity contribution >= 4 is 39.7 Å². The van der Waals surface area contributed by atoms with E-state index in [1.54, 1.807) is 28.6 Å². The summed E-state index contributed by atoms with van der Waals surface area (Å²) in [6, 6.07) is 12.7. The van der Waals surface area contributed by atoms with Crippen molar-refractivity contribution in [3.63, 3.8) is 0 Å². The average molecular weight is 474 g/mol. The molecule has 4 aromatic rings. The Bertz CT molecular complexity index is 1320. The van der Waals surface area contributed by atoms with Gasteiger partial charge in [-0.15, -0.1) is 16.4 Å². The number of aromatic nitrogens is 3. The van der Waals surface area contributed by atoms with Gasteiger partial charge in [-0.25, -0.2) is 4.98 Å². The van der Waals surface area contributed by atoms with E-state index in [1.165, 1.54) is 21.6 Å². The normalized spacial score (nSPS) is 15.0. The summed E-state index contributed by atoms with van der Waals surface area (Å²) >= 11 is 1.73. The number of pyridine rings is 1. The first-order valence-electron chi connectivity index (χ1n) is 11.3. The molecular formula is C25H27N7OS. The topological polar surface area (TPSA) is 95.1 Å². The van der Waals surface area contributed by atoms with Crippen molar-refractivity contribution < 1.29 is 4.79 Å². The Morgan fingerprint density at radius 2 is 2.12 bits per heavy atom. The second-order valence-corrected chi connectivity index (χ2v) is 9.28. The summed E-state index contributed by atoms with van der Waals surface area (Å²) in [5.74, 6) is 1.34. The van der Waals surface area contributed by atoms with Gasteiger partial charge in [-0.2, -0.15) is 5.10 Å². The molecule has 0 aliphatic carbocycles. The number of amides is 1. The van der Waals surface area contributed by atoms with Crippen LogP contribution in [0.1, 0.15) is 23.4 Å². The molecule has 1 saturated heterocycles. The monoisotopic (exact) mass is 473 g/mol. The van der Waals surface area contributed by atoms with Crippen LogP contribution in [0.2, 0.25) is 0 Å². The second kappa shape index (κ2) is 9.84. The standard InChI is InChI=1S/C25H27N7OS/c1-16(22-9-18(15-34-22)20-6-4-3-5-17(20)11-26-2)30-25-21-10-23(28-12-19(21)13-29-31-25)32-8-7-27-14-24(32)33/h3-6,9-10,12-13,15-16,26-27H,7-8,11,14H2,1-2H3,(H,30,31). The van der Waals surface area contributed by atoms with Gasteiger partial charge in [0.2, 0.25) is 5.91 Å². The minimum atomic E-state index is 0.0210. The number of hydrogen-bond acceptors (Lipinski definition) is 8. The minimum absolute atomic E-state index is 0.0210. The molecule has 0 spiro atoms. The Morgan fingerprint density at radius 3 is 2.97 bits per heavy atom. The molecule has 3 aromatic heterocycles. The number of benzene rings is 1. The van der Waals surface area contributed by atoms with E-state index in [9.17, 15) is 4.79 Å². The first-order valence-corrected chi connectivity index (χ1v) is 12.2. The van der Waals surface area contributed by atoms with E-state index in [0.717, 1.165) is 23.9 Å². The van der Waals surface area contributed by atoms with Crippen LogP contribution in [-0.2, 0) is 11.3 Å². The van der Waals surface area contributed by atoms with Crippen LogP contribution in [0.25, 0.3) is 21.9 Å². The molecule has 8 nitrogen and oxygen atoms in total. The molecule has 0 bridgehead atoms. The third-order valence-corrected chi connectivity index (χ3v) is 7.11. The van der Waals surface area contributed by atoms with Crippen molar-refractivity contribution in [1.29, 1.82) is 0 Å². The number of carbonyl (C=O) groups is 1. The Labute approximate surface area is 202 Å². The van der Waals surface area contributed by atoms with Crippen LogP contribution in [0.15, 0.2) is 54.2 Å². The fraction of sp³-hybridized carbons (Fsp3) is 0.280. The molecule has 1 fully saturated rings. The number of fused-ring (bicyclic) bond motifs is 1. The lowest BCUT2D eigenvalue weighted by Crippen LogP contribution is -2.48. The lowest BCUT2D eigenvalue weighted by Gasteiger charge is -2.26. The first kappa shape index (κ1) is 22.4. The Morgan fingerprint density at radius 1 is 1.24 bits per heavy atom. The van der Waals surface area contributed by atoms with Crippen LogP contribution in [0, 0.1) is 0 Å². The third kappa shape index (κ3) is 4.50. The van der Waals surface area contributed by atoms with Gasteiger partial charge in [0, 0.05) is 41.5 Å². The summed E-state index contributed by atoms with van der Waals surface area (Å²) in [7, 11) is 1.96. The van der Waals surface area contributed by atoms with Gasteiger partial charge in [0.25, 0.3) is 0 Å². The number of hydrogen-bond donors (Lipinski definition) is 3. The highest BCUT2D eigenvalue weighted by molar-refractivity contribution is 7.10. The highest BCUT2D eigenvalue weighted by Crippen LogP contribution is 2.33. The summed E-state index contributed by atoms with van der Waals surface area (Å²) in [4.78, 5) is 19.8. The fourth-order valence-corrected chi connectivity index (χ4v) is 5.13. The quantitative estimate of drug-likeness (QED) is 0.378. The van der Waals surface area contributed by atoms with E-state index in [1.807, 2.05) is 13.1 Å². The predicted molar refractivity (Wildman–Crippen MR) is 137 cm³/mol. The maximum Gasteiger partial charge on any atom is 0.242 e. The number of carbonyl (C=O) groups excluding carboxylic acids is 1. The molecule has 1 aliphatic heterocycles. The van der Waals surface area contributed by atoms with Crippen molar-refractivity contribution in [3.8, 4) is 11.1 Å². The van der Waals surface area contributed by atoms with Gasteiger partial charge in [-0.05, 0) is 48.2 Å². The summed E-state index contributed by atoms with van der Waals surface area (Å²) in [5, 5.41) is 22.4. The number of thiophene rings is 1. The number of nitrogens with one attached hydrogen (secondary N) is 3. The molecular weight excluding hydrogens is 446 g/mol. The molecule has 0 radical (unpaired) electrons. The SMILES string of the molecule is CNCc1ccccc1-c1csc(C(C)Nc2nncc3cnc(N4CCNCC4=O)cc23)c1. The van der Waals surface area contributed by atoms with E-state index in [2.05, 4.69) is 73.8 Å². The summed E-state index contributed by atoms with van der Waals surface area (Å²) < 4.78 is 0. The van der Waals surface area contributed by atoms with Crippen LogP contribution in [0.3, 0.4) is 0 Å². The molecule has 1 amide bonds. The first-order chi connectivity index (χ1) is 16.6. The van der Waals surface area contributed by atoms with Crippen molar-refractivity contribution in [1.82, 2.24) is 25.8 Å². The Balaban J connectivity index is 1.41. The molecule has 1 aliphatic rings. The molecule has 1 unspecified atom stereocenters. The maximum absolute atomic E-state index is 12.3. The van der Waals surface area contributed by atoms with E-state index in [4.69, 9.17) is 0 Å². The minimum Gasteiger partial charge on any atom is -0.361 e. The van der Waals surface area contributed by atoms with E-state index < -0.39 is 0 Å². The van der Waals surface area contributed by atoms with E-state index >= 15 is 0 Å². The summed E-state index contributed by atoms with van der Waals surface area (Å²) in [6.07, 6.45) is 3.45. The van der Waals surface area contributed by atoms with Crippen LogP contribution in [0.5, 0.6) is 0 Å². The van der Waals surface area contributed by atoms with Gasteiger partial charge in [0.15, 0.2) is 5.82 Å². The maximum atomic E-state index is 12.3. The van der Waals surface area contributed by atoms with Gasteiger partial charge < -0.3 is 16.0 Å². The van der Waals surface area contributed by atoms with E-state index in [0.29, 0.717) is 24.7 Å². The molecule has 3 N–H and O–H groups in total. The second-order valence-electron chi connectivity index (χ2n) is 8.34. The molecule has 5 rings (SSSR count). The Kier molecular flexibility index (Phi) is 6.48. The van der Waals surface area contributed by atoms with Crippen LogP contribution in [-0.4, -0.2) is 47.8 Å². The smallest absolute Gasteiger partial charge is 0.242 e. The zero-order valence-corrected chi connectivity index (χ0v) is 20.0. The molecule has 174 valence electrons. The van der Waals surface area contributed by atoms with Gasteiger partial charge in [0.1, 0.15) is 5.82 Å². The zero-order valence-electron chi connectivity index (χ0n) is 19.2. The molecule has 34 heavy (non-hydrogen) atoms. The number of rotatable bonds is 7. The predicted octanol–water partition coefficient (Wildman–Crippen LogP) is 3.58. The molecule has 1 aromatic carbocycles. The lowest BCUT2D eigenvalue weighted by atomic mass is 10.0. The van der Waals surface area contributed by atoms with Gasteiger partial charge in [-0.1, -0.05) is 24.3 Å². The number of piperazine rings is 1. The lowest BCUT2D eigenvalue weighted by molar-refractivity contribution is -0.118. The van der Waals surface area contributed by atoms with Gasteiger partial charge in [-0.3, -0.25) is 9.69 Å². The van der Waals surface area contributed by atoms with Crippen molar-refractivity contribution in [2.45, 2.75) is 19.5 Å². The Hall–Kier alpha value is -3.40. The largest absolute Gasteiger partial charge is 0.361 e. The summed E-state index contributed by atoms with van der Waals surface area (Å²) in [6.45, 7) is 4.63. The number of nitrogens with zero attached hydrogens (tertiary/aromatic N) is 4.